The second-order valence-electron chi connectivity index (χ2n) is 4.91. The van der Waals surface area contributed by atoms with Crippen molar-refractivity contribution in [3.8, 4) is 0 Å². The molecule has 1 aromatic rings. The Morgan fingerprint density at radius 3 is 2.42 bits per heavy atom. The van der Waals surface area contributed by atoms with Gasteiger partial charge in [-0.2, -0.15) is 0 Å². The van der Waals surface area contributed by atoms with E-state index in [2.05, 4.69) is 0 Å². The van der Waals surface area contributed by atoms with Crippen molar-refractivity contribution in [2.45, 2.75) is 37.7 Å². The van der Waals surface area contributed by atoms with Crippen LogP contribution in [0.5, 0.6) is 0 Å². The normalized spacial score (nSPS) is 26.2. The molecule has 1 saturated carbocycles. The number of hydrogen-bond acceptors (Lipinski definition) is 4. The van der Waals surface area contributed by atoms with E-state index in [1.165, 1.54) is 4.90 Å². The van der Waals surface area contributed by atoms with Crippen LogP contribution in [0.15, 0.2) is 30.3 Å². The Morgan fingerprint density at radius 2 is 1.84 bits per heavy atom. The monoisotopic (exact) mass is 265 g/mol. The van der Waals surface area contributed by atoms with Gasteiger partial charge in [-0.15, -0.1) is 0 Å². The van der Waals surface area contributed by atoms with Crippen LogP contribution in [-0.4, -0.2) is 46.5 Å². The molecule has 1 aliphatic rings. The van der Waals surface area contributed by atoms with Crippen molar-refractivity contribution in [2.24, 2.45) is 0 Å². The van der Waals surface area contributed by atoms with Crippen molar-refractivity contribution >= 4 is 6.09 Å². The Kier molecular flexibility index (Phi) is 4.39. The number of aliphatic hydroxyl groups excluding tert-OH is 2. The number of hydrogen-bond donors (Lipinski definition) is 2. The summed E-state index contributed by atoms with van der Waals surface area (Å²) in [6, 6.07) is 9.27. The molecule has 5 nitrogen and oxygen atoms in total. The molecule has 104 valence electrons. The third kappa shape index (κ3) is 3.45. The first-order valence-corrected chi connectivity index (χ1v) is 6.37. The summed E-state index contributed by atoms with van der Waals surface area (Å²) in [7, 11) is 1.63. The number of rotatable bonds is 3. The lowest BCUT2D eigenvalue weighted by molar-refractivity contribution is 0.0438. The molecule has 0 unspecified atom stereocenters. The summed E-state index contributed by atoms with van der Waals surface area (Å²) < 4.78 is 5.20. The first-order valence-electron chi connectivity index (χ1n) is 6.37. The van der Waals surface area contributed by atoms with Crippen molar-refractivity contribution in [1.29, 1.82) is 0 Å². The van der Waals surface area contributed by atoms with Gasteiger partial charge in [0.25, 0.3) is 0 Å². The summed E-state index contributed by atoms with van der Waals surface area (Å²) in [5.41, 5.74) is 0.927. The molecule has 0 spiro atoms. The van der Waals surface area contributed by atoms with E-state index in [4.69, 9.17) is 4.74 Å². The van der Waals surface area contributed by atoms with Gasteiger partial charge in [-0.1, -0.05) is 30.3 Å². The maximum atomic E-state index is 11.9. The third-order valence-electron chi connectivity index (χ3n) is 3.51. The van der Waals surface area contributed by atoms with Gasteiger partial charge in [-0.05, 0) is 18.4 Å². The van der Waals surface area contributed by atoms with E-state index in [0.717, 1.165) is 5.56 Å². The van der Waals surface area contributed by atoms with Crippen LogP contribution in [0.25, 0.3) is 0 Å². The van der Waals surface area contributed by atoms with Gasteiger partial charge < -0.3 is 19.8 Å². The smallest absolute Gasteiger partial charge is 0.410 e. The summed E-state index contributed by atoms with van der Waals surface area (Å²) in [6.45, 7) is 0.224. The van der Waals surface area contributed by atoms with Crippen LogP contribution in [0.1, 0.15) is 18.4 Å². The van der Waals surface area contributed by atoms with Crippen molar-refractivity contribution in [1.82, 2.24) is 4.90 Å². The van der Waals surface area contributed by atoms with E-state index in [-0.39, 0.29) is 12.6 Å². The van der Waals surface area contributed by atoms with Gasteiger partial charge in [0.2, 0.25) is 0 Å². The predicted molar refractivity (Wildman–Crippen MR) is 69.4 cm³/mol. The van der Waals surface area contributed by atoms with E-state index in [1.807, 2.05) is 30.3 Å². The average Bonchev–Trinajstić information content (AvgIpc) is 2.76. The molecule has 3 atom stereocenters. The van der Waals surface area contributed by atoms with Crippen molar-refractivity contribution in [2.75, 3.05) is 7.05 Å². The van der Waals surface area contributed by atoms with Gasteiger partial charge in [0.05, 0.1) is 12.2 Å². The highest BCUT2D eigenvalue weighted by molar-refractivity contribution is 5.67. The molecule has 1 amide bonds. The molecule has 19 heavy (non-hydrogen) atoms. The fourth-order valence-corrected chi connectivity index (χ4v) is 2.25. The lowest BCUT2D eigenvalue weighted by atomic mass is 10.2. The molecule has 2 N–H and O–H groups in total. The predicted octanol–water partition coefficient (Wildman–Crippen LogP) is 1.14. The zero-order chi connectivity index (χ0) is 13.8. The molecule has 5 heteroatoms. The minimum absolute atomic E-state index is 0.173. The van der Waals surface area contributed by atoms with Gasteiger partial charge in [0.1, 0.15) is 6.61 Å². The Labute approximate surface area is 112 Å². The minimum atomic E-state index is -0.755. The zero-order valence-corrected chi connectivity index (χ0v) is 10.9. The molecule has 2 rings (SSSR count). The number of amides is 1. The van der Waals surface area contributed by atoms with Crippen LogP contribution in [-0.2, 0) is 11.3 Å². The Balaban J connectivity index is 1.83. The van der Waals surface area contributed by atoms with Gasteiger partial charge in [-0.3, -0.25) is 0 Å². The van der Waals surface area contributed by atoms with E-state index in [1.54, 1.807) is 7.05 Å². The molecule has 0 radical (unpaired) electrons. The lowest BCUT2D eigenvalue weighted by Gasteiger charge is -2.23. The highest BCUT2D eigenvalue weighted by Crippen LogP contribution is 2.24. The Hall–Kier alpha value is -1.59. The molecule has 1 fully saturated rings. The number of benzene rings is 1. The molecule has 1 aromatic carbocycles. The SMILES string of the molecule is CN(C(=O)OCc1ccccc1)[C@H]1C[C@@H](O)[C@@H](O)C1. The lowest BCUT2D eigenvalue weighted by Crippen LogP contribution is -2.36. The van der Waals surface area contributed by atoms with Crippen LogP contribution in [0, 0.1) is 0 Å². The van der Waals surface area contributed by atoms with E-state index in [0.29, 0.717) is 12.8 Å². The highest BCUT2D eigenvalue weighted by atomic mass is 16.6. The van der Waals surface area contributed by atoms with Gasteiger partial charge in [0, 0.05) is 13.1 Å². The van der Waals surface area contributed by atoms with E-state index in [9.17, 15) is 15.0 Å². The largest absolute Gasteiger partial charge is 0.445 e. The molecule has 0 saturated heterocycles. The van der Waals surface area contributed by atoms with Crippen LogP contribution in [0.2, 0.25) is 0 Å². The summed E-state index contributed by atoms with van der Waals surface area (Å²) >= 11 is 0. The number of nitrogens with zero attached hydrogens (tertiary/aromatic N) is 1. The quantitative estimate of drug-likeness (QED) is 0.860. The summed E-state index contributed by atoms with van der Waals surface area (Å²) in [5.74, 6) is 0. The molecular formula is C14H19NO4. The highest BCUT2D eigenvalue weighted by Gasteiger charge is 2.35. The second kappa shape index (κ2) is 6.04. The van der Waals surface area contributed by atoms with Crippen molar-refractivity contribution in [3.63, 3.8) is 0 Å². The van der Waals surface area contributed by atoms with Crippen LogP contribution in [0.4, 0.5) is 4.79 Å². The maximum absolute atomic E-state index is 11.9. The fraction of sp³-hybridized carbons (Fsp3) is 0.500. The Morgan fingerprint density at radius 1 is 1.26 bits per heavy atom. The zero-order valence-electron chi connectivity index (χ0n) is 10.9. The van der Waals surface area contributed by atoms with Gasteiger partial charge in [0.15, 0.2) is 0 Å². The molecule has 0 heterocycles. The summed E-state index contributed by atoms with van der Waals surface area (Å²) in [4.78, 5) is 13.3. The first kappa shape index (κ1) is 13.8. The Bertz CT molecular complexity index is 413. The fourth-order valence-electron chi connectivity index (χ4n) is 2.25. The topological polar surface area (TPSA) is 70.0 Å². The maximum Gasteiger partial charge on any atom is 0.410 e. The third-order valence-corrected chi connectivity index (χ3v) is 3.51. The molecule has 0 bridgehead atoms. The van der Waals surface area contributed by atoms with Crippen LogP contribution in [0.3, 0.4) is 0 Å². The number of aliphatic hydroxyl groups is 2. The number of carbonyl (C=O) groups is 1. The van der Waals surface area contributed by atoms with E-state index < -0.39 is 18.3 Å². The molecule has 1 aliphatic carbocycles. The molecular weight excluding hydrogens is 246 g/mol. The summed E-state index contributed by atoms with van der Waals surface area (Å²) in [6.07, 6.45) is -1.17. The average molecular weight is 265 g/mol. The van der Waals surface area contributed by atoms with Crippen LogP contribution < -0.4 is 0 Å². The summed E-state index contributed by atoms with van der Waals surface area (Å²) in [5, 5.41) is 19.0. The molecule has 0 aromatic heterocycles. The standard InChI is InChI=1S/C14H19NO4/c1-15(11-7-12(16)13(17)8-11)14(18)19-9-10-5-3-2-4-6-10/h2-6,11-13,16-17H,7-9H2,1H3/t11-,12+,13-. The number of carbonyl (C=O) groups excluding carboxylic acids is 1. The van der Waals surface area contributed by atoms with Crippen molar-refractivity contribution < 1.29 is 19.7 Å². The molecule has 0 aliphatic heterocycles. The van der Waals surface area contributed by atoms with Gasteiger partial charge in [-0.25, -0.2) is 4.79 Å². The van der Waals surface area contributed by atoms with Gasteiger partial charge >= 0.3 is 6.09 Å². The van der Waals surface area contributed by atoms with E-state index >= 15 is 0 Å². The van der Waals surface area contributed by atoms with Crippen molar-refractivity contribution in [3.05, 3.63) is 35.9 Å². The minimum Gasteiger partial charge on any atom is -0.445 e. The van der Waals surface area contributed by atoms with Crippen LogP contribution >= 0.6 is 0 Å². The first-order chi connectivity index (χ1) is 9.08. The number of ether oxygens (including phenoxy) is 1. The second-order valence-corrected chi connectivity index (χ2v) is 4.91.